The first-order valence-electron chi connectivity index (χ1n) is 8.42. The van der Waals surface area contributed by atoms with Crippen molar-refractivity contribution in [2.24, 2.45) is 0 Å². The predicted molar refractivity (Wildman–Crippen MR) is 85.8 cm³/mol. The average molecular weight is 322 g/mol. The molecule has 0 radical (unpaired) electrons. The van der Waals surface area contributed by atoms with E-state index in [0.29, 0.717) is 19.3 Å². The fourth-order valence-corrected chi connectivity index (χ4v) is 2.77. The van der Waals surface area contributed by atoms with Gasteiger partial charge in [0.25, 0.3) is 0 Å². The topological polar surface area (TPSA) is 61.8 Å². The predicted octanol–water partition coefficient (Wildman–Crippen LogP) is 3.09. The molecule has 1 fully saturated rings. The SMILES string of the molecule is COC(=O)CCCC=CCC1=CC(OC2CCCCO2)CC1=O. The minimum absolute atomic E-state index is 0.145. The Bertz CT molecular complexity index is 460. The van der Waals surface area contributed by atoms with E-state index in [0.717, 1.165) is 44.3 Å². The van der Waals surface area contributed by atoms with Gasteiger partial charge in [-0.1, -0.05) is 12.2 Å². The van der Waals surface area contributed by atoms with Crippen molar-refractivity contribution in [1.82, 2.24) is 0 Å². The molecular weight excluding hydrogens is 296 g/mol. The van der Waals surface area contributed by atoms with E-state index in [4.69, 9.17) is 9.47 Å². The maximum absolute atomic E-state index is 12.0. The van der Waals surface area contributed by atoms with Crippen LogP contribution in [0.1, 0.15) is 51.4 Å². The zero-order chi connectivity index (χ0) is 16.5. The van der Waals surface area contributed by atoms with E-state index in [-0.39, 0.29) is 24.1 Å². The Hall–Kier alpha value is -1.46. The lowest BCUT2D eigenvalue weighted by molar-refractivity contribution is -0.178. The van der Waals surface area contributed by atoms with E-state index in [9.17, 15) is 9.59 Å². The van der Waals surface area contributed by atoms with Crippen molar-refractivity contribution in [3.05, 3.63) is 23.8 Å². The summed E-state index contributed by atoms with van der Waals surface area (Å²) in [5, 5.41) is 0. The van der Waals surface area contributed by atoms with Crippen LogP contribution in [0.5, 0.6) is 0 Å². The Balaban J connectivity index is 1.68. The van der Waals surface area contributed by atoms with Gasteiger partial charge in [-0.05, 0) is 50.2 Å². The van der Waals surface area contributed by atoms with E-state index in [1.54, 1.807) is 0 Å². The molecule has 2 rings (SSSR count). The van der Waals surface area contributed by atoms with Crippen molar-refractivity contribution < 1.29 is 23.8 Å². The first-order chi connectivity index (χ1) is 11.2. The van der Waals surface area contributed by atoms with Crippen LogP contribution in [-0.2, 0) is 23.8 Å². The second-order valence-electron chi connectivity index (χ2n) is 5.93. The fourth-order valence-electron chi connectivity index (χ4n) is 2.77. The lowest BCUT2D eigenvalue weighted by Crippen LogP contribution is -2.26. The van der Waals surface area contributed by atoms with Gasteiger partial charge in [0.05, 0.1) is 13.2 Å². The standard InChI is InChI=1S/C18H26O5/c1-21-17(20)9-5-3-2-4-8-14-12-15(13-16(14)19)23-18-10-6-7-11-22-18/h2,4,12,15,18H,3,5-11,13H2,1H3. The van der Waals surface area contributed by atoms with Crippen molar-refractivity contribution in [2.75, 3.05) is 13.7 Å². The van der Waals surface area contributed by atoms with Gasteiger partial charge in [0.2, 0.25) is 0 Å². The van der Waals surface area contributed by atoms with E-state index < -0.39 is 0 Å². The Morgan fingerprint density at radius 1 is 1.39 bits per heavy atom. The Morgan fingerprint density at radius 3 is 3.00 bits per heavy atom. The van der Waals surface area contributed by atoms with Crippen molar-refractivity contribution in [3.8, 4) is 0 Å². The van der Waals surface area contributed by atoms with E-state index in [2.05, 4.69) is 4.74 Å². The van der Waals surface area contributed by atoms with Crippen LogP contribution in [0.15, 0.2) is 23.8 Å². The number of esters is 1. The number of unbranched alkanes of at least 4 members (excludes halogenated alkanes) is 1. The number of carbonyl (C=O) groups is 2. The summed E-state index contributed by atoms with van der Waals surface area (Å²) < 4.78 is 16.0. The molecule has 5 nitrogen and oxygen atoms in total. The van der Waals surface area contributed by atoms with Gasteiger partial charge >= 0.3 is 5.97 Å². The maximum atomic E-state index is 12.0. The number of rotatable bonds is 8. The molecule has 0 aromatic carbocycles. The second-order valence-corrected chi connectivity index (χ2v) is 5.93. The van der Waals surface area contributed by atoms with Crippen LogP contribution in [0.3, 0.4) is 0 Å². The molecule has 1 aliphatic carbocycles. The van der Waals surface area contributed by atoms with Crippen LogP contribution in [0, 0.1) is 0 Å². The molecule has 0 aromatic heterocycles. The summed E-state index contributed by atoms with van der Waals surface area (Å²) in [7, 11) is 1.40. The van der Waals surface area contributed by atoms with E-state index in [1.807, 2.05) is 18.2 Å². The molecule has 1 saturated heterocycles. The minimum Gasteiger partial charge on any atom is -0.469 e. The van der Waals surface area contributed by atoms with Crippen molar-refractivity contribution in [2.45, 2.75) is 63.8 Å². The Morgan fingerprint density at radius 2 is 2.26 bits per heavy atom. The molecular formula is C18H26O5. The lowest BCUT2D eigenvalue weighted by atomic mass is 10.1. The molecule has 2 aliphatic rings. The van der Waals surface area contributed by atoms with Crippen molar-refractivity contribution in [1.29, 1.82) is 0 Å². The highest BCUT2D eigenvalue weighted by Gasteiger charge is 2.27. The number of carbonyl (C=O) groups excluding carboxylic acids is 2. The van der Waals surface area contributed by atoms with Gasteiger partial charge in [-0.15, -0.1) is 0 Å². The lowest BCUT2D eigenvalue weighted by Gasteiger charge is -2.24. The fraction of sp³-hybridized carbons (Fsp3) is 0.667. The van der Waals surface area contributed by atoms with Crippen LogP contribution in [0.4, 0.5) is 0 Å². The monoisotopic (exact) mass is 322 g/mol. The first-order valence-corrected chi connectivity index (χ1v) is 8.42. The molecule has 0 saturated carbocycles. The average Bonchev–Trinajstić information content (AvgIpc) is 2.91. The zero-order valence-electron chi connectivity index (χ0n) is 13.8. The highest BCUT2D eigenvalue weighted by atomic mass is 16.7. The van der Waals surface area contributed by atoms with Gasteiger partial charge in [-0.25, -0.2) is 0 Å². The Kier molecular flexibility index (Phi) is 7.49. The molecule has 128 valence electrons. The molecule has 2 atom stereocenters. The first kappa shape index (κ1) is 17.9. The summed E-state index contributed by atoms with van der Waals surface area (Å²) in [6, 6.07) is 0. The van der Waals surface area contributed by atoms with Gasteiger partial charge < -0.3 is 14.2 Å². The van der Waals surface area contributed by atoms with Crippen LogP contribution in [-0.4, -0.2) is 37.9 Å². The quantitative estimate of drug-likeness (QED) is 0.390. The summed E-state index contributed by atoms with van der Waals surface area (Å²) >= 11 is 0. The van der Waals surface area contributed by atoms with Gasteiger partial charge in [-0.2, -0.15) is 0 Å². The minimum atomic E-state index is -0.183. The second kappa shape index (κ2) is 9.63. The summed E-state index contributed by atoms with van der Waals surface area (Å²) in [5.41, 5.74) is 0.815. The number of hydrogen-bond acceptors (Lipinski definition) is 5. The molecule has 0 N–H and O–H groups in total. The number of methoxy groups -OCH3 is 1. The van der Waals surface area contributed by atoms with E-state index in [1.165, 1.54) is 7.11 Å². The molecule has 0 bridgehead atoms. The summed E-state index contributed by atoms with van der Waals surface area (Å²) in [6.07, 6.45) is 11.8. The molecule has 2 unspecified atom stereocenters. The molecule has 23 heavy (non-hydrogen) atoms. The number of hydrogen-bond donors (Lipinski definition) is 0. The van der Waals surface area contributed by atoms with Crippen LogP contribution < -0.4 is 0 Å². The molecule has 0 spiro atoms. The smallest absolute Gasteiger partial charge is 0.305 e. The normalized spacial score (nSPS) is 24.9. The molecule has 0 aromatic rings. The third-order valence-corrected chi connectivity index (χ3v) is 4.08. The van der Waals surface area contributed by atoms with Crippen LogP contribution in [0.2, 0.25) is 0 Å². The van der Waals surface area contributed by atoms with Gasteiger partial charge in [0.1, 0.15) is 0 Å². The highest BCUT2D eigenvalue weighted by Crippen LogP contribution is 2.24. The van der Waals surface area contributed by atoms with Gasteiger partial charge in [0.15, 0.2) is 12.1 Å². The summed E-state index contributed by atoms with van der Waals surface area (Å²) in [5.74, 6) is -0.0259. The molecule has 1 heterocycles. The van der Waals surface area contributed by atoms with Crippen molar-refractivity contribution >= 4 is 11.8 Å². The number of Topliss-reactive ketones (excluding diaryl/α,β-unsaturated/α-hetero) is 1. The third-order valence-electron chi connectivity index (χ3n) is 4.08. The van der Waals surface area contributed by atoms with E-state index >= 15 is 0 Å². The molecule has 5 heteroatoms. The summed E-state index contributed by atoms with van der Waals surface area (Å²) in [6.45, 7) is 0.746. The third kappa shape index (κ3) is 6.28. The number of ketones is 1. The maximum Gasteiger partial charge on any atom is 0.305 e. The zero-order valence-corrected chi connectivity index (χ0v) is 13.8. The summed E-state index contributed by atoms with van der Waals surface area (Å²) in [4.78, 5) is 23.0. The van der Waals surface area contributed by atoms with Crippen LogP contribution >= 0.6 is 0 Å². The van der Waals surface area contributed by atoms with Gasteiger partial charge in [-0.3, -0.25) is 9.59 Å². The van der Waals surface area contributed by atoms with Crippen molar-refractivity contribution in [3.63, 3.8) is 0 Å². The largest absolute Gasteiger partial charge is 0.469 e. The molecule has 1 aliphatic heterocycles. The Labute approximate surface area is 137 Å². The highest BCUT2D eigenvalue weighted by molar-refractivity contribution is 5.98. The number of allylic oxidation sites excluding steroid dienone is 3. The molecule has 0 amide bonds. The van der Waals surface area contributed by atoms with Crippen LogP contribution in [0.25, 0.3) is 0 Å². The number of ether oxygens (including phenoxy) is 3. The van der Waals surface area contributed by atoms with Gasteiger partial charge in [0, 0.05) is 19.4 Å².